The van der Waals surface area contributed by atoms with Crippen molar-refractivity contribution in [3.8, 4) is 0 Å². The highest BCUT2D eigenvalue weighted by molar-refractivity contribution is 5.94. The lowest BCUT2D eigenvalue weighted by Crippen LogP contribution is -2.36. The first-order valence-electron chi connectivity index (χ1n) is 10.1. The zero-order chi connectivity index (χ0) is 18.7. The molecule has 2 amide bonds. The van der Waals surface area contributed by atoms with Gasteiger partial charge in [0, 0.05) is 44.1 Å². The summed E-state index contributed by atoms with van der Waals surface area (Å²) in [6.07, 6.45) is 6.40. The molecule has 26 heavy (non-hydrogen) atoms. The summed E-state index contributed by atoms with van der Waals surface area (Å²) in [6, 6.07) is 8.42. The van der Waals surface area contributed by atoms with Crippen molar-refractivity contribution in [3.05, 3.63) is 35.4 Å². The number of carbonyl (C=O) groups excluding carboxylic acids is 2. The summed E-state index contributed by atoms with van der Waals surface area (Å²) >= 11 is 0. The minimum Gasteiger partial charge on any atom is -0.341 e. The SMILES string of the molecule is CC(C)Cc1ccc(C(=O)N(C)C[C@@H]2CC(=O)N(C3CCCC3)C2)cc1. The Bertz CT molecular complexity index is 632. The molecule has 1 saturated carbocycles. The van der Waals surface area contributed by atoms with Crippen molar-refractivity contribution in [1.82, 2.24) is 9.80 Å². The third-order valence-electron chi connectivity index (χ3n) is 5.73. The van der Waals surface area contributed by atoms with E-state index in [1.54, 1.807) is 4.90 Å². The Kier molecular flexibility index (Phi) is 6.00. The van der Waals surface area contributed by atoms with E-state index in [1.165, 1.54) is 18.4 Å². The summed E-state index contributed by atoms with van der Waals surface area (Å²) < 4.78 is 0. The number of benzene rings is 1. The molecular formula is C22H32N2O2. The molecule has 0 aromatic heterocycles. The molecule has 1 aliphatic carbocycles. The lowest BCUT2D eigenvalue weighted by atomic mass is 10.0. The minimum atomic E-state index is 0.0489. The Hall–Kier alpha value is -1.84. The molecule has 142 valence electrons. The van der Waals surface area contributed by atoms with E-state index in [2.05, 4.69) is 30.9 Å². The third kappa shape index (κ3) is 4.46. The van der Waals surface area contributed by atoms with E-state index in [9.17, 15) is 9.59 Å². The number of amides is 2. The van der Waals surface area contributed by atoms with Crippen molar-refractivity contribution < 1.29 is 9.59 Å². The van der Waals surface area contributed by atoms with Crippen LogP contribution in [0.1, 0.15) is 61.9 Å². The minimum absolute atomic E-state index is 0.0489. The van der Waals surface area contributed by atoms with Crippen LogP contribution in [0.3, 0.4) is 0 Å². The Balaban J connectivity index is 1.55. The van der Waals surface area contributed by atoms with Crippen LogP contribution >= 0.6 is 0 Å². The predicted octanol–water partition coefficient (Wildman–Crippen LogP) is 3.75. The van der Waals surface area contributed by atoms with Gasteiger partial charge in [0.05, 0.1) is 0 Å². The maximum atomic E-state index is 12.7. The molecule has 1 aromatic carbocycles. The highest BCUT2D eigenvalue weighted by atomic mass is 16.2. The molecule has 3 rings (SSSR count). The summed E-state index contributed by atoms with van der Waals surface area (Å²) in [4.78, 5) is 28.9. The van der Waals surface area contributed by atoms with Crippen molar-refractivity contribution in [2.24, 2.45) is 11.8 Å². The summed E-state index contributed by atoms with van der Waals surface area (Å²) in [6.45, 7) is 5.87. The van der Waals surface area contributed by atoms with Crippen LogP contribution in [0.25, 0.3) is 0 Å². The van der Waals surface area contributed by atoms with E-state index in [0.29, 0.717) is 24.9 Å². The number of nitrogens with zero attached hydrogens (tertiary/aromatic N) is 2. The van der Waals surface area contributed by atoms with Gasteiger partial charge in [0.1, 0.15) is 0 Å². The Morgan fingerprint density at radius 1 is 1.19 bits per heavy atom. The van der Waals surface area contributed by atoms with Gasteiger partial charge in [0.25, 0.3) is 5.91 Å². The van der Waals surface area contributed by atoms with Gasteiger partial charge < -0.3 is 9.80 Å². The molecule has 1 heterocycles. The Labute approximate surface area is 157 Å². The quantitative estimate of drug-likeness (QED) is 0.779. The monoisotopic (exact) mass is 356 g/mol. The molecule has 4 heteroatoms. The largest absolute Gasteiger partial charge is 0.341 e. The second kappa shape index (κ2) is 8.24. The van der Waals surface area contributed by atoms with E-state index in [-0.39, 0.29) is 17.7 Å². The van der Waals surface area contributed by atoms with Crippen LogP contribution in [0, 0.1) is 11.8 Å². The molecule has 0 spiro atoms. The van der Waals surface area contributed by atoms with E-state index in [1.807, 2.05) is 19.2 Å². The van der Waals surface area contributed by atoms with Gasteiger partial charge in [-0.05, 0) is 42.9 Å². The average molecular weight is 357 g/mol. The Morgan fingerprint density at radius 2 is 1.85 bits per heavy atom. The molecule has 0 radical (unpaired) electrons. The van der Waals surface area contributed by atoms with Crippen LogP contribution in [0.15, 0.2) is 24.3 Å². The summed E-state index contributed by atoms with van der Waals surface area (Å²) in [7, 11) is 1.85. The highest BCUT2D eigenvalue weighted by Crippen LogP contribution is 2.29. The molecule has 2 aliphatic rings. The maximum Gasteiger partial charge on any atom is 0.253 e. The van der Waals surface area contributed by atoms with Crippen molar-refractivity contribution in [2.45, 2.75) is 58.4 Å². The van der Waals surface area contributed by atoms with Gasteiger partial charge >= 0.3 is 0 Å². The fourth-order valence-electron chi connectivity index (χ4n) is 4.45. The number of hydrogen-bond acceptors (Lipinski definition) is 2. The molecular weight excluding hydrogens is 324 g/mol. The van der Waals surface area contributed by atoms with Crippen LogP contribution < -0.4 is 0 Å². The normalized spacial score (nSPS) is 21.0. The van der Waals surface area contributed by atoms with Gasteiger partial charge in [0.15, 0.2) is 0 Å². The van der Waals surface area contributed by atoms with E-state index < -0.39 is 0 Å². The van der Waals surface area contributed by atoms with Crippen LogP contribution in [0.5, 0.6) is 0 Å². The van der Waals surface area contributed by atoms with Gasteiger partial charge in [-0.15, -0.1) is 0 Å². The van der Waals surface area contributed by atoms with Crippen LogP contribution in [-0.4, -0.2) is 47.8 Å². The lowest BCUT2D eigenvalue weighted by Gasteiger charge is -2.25. The Morgan fingerprint density at radius 3 is 2.46 bits per heavy atom. The number of rotatable bonds is 6. The molecule has 0 unspecified atom stereocenters. The van der Waals surface area contributed by atoms with Crippen molar-refractivity contribution in [2.75, 3.05) is 20.1 Å². The first-order chi connectivity index (χ1) is 12.4. The summed E-state index contributed by atoms with van der Waals surface area (Å²) in [5.74, 6) is 1.20. The molecule has 1 saturated heterocycles. The van der Waals surface area contributed by atoms with Gasteiger partial charge in [-0.1, -0.05) is 38.8 Å². The van der Waals surface area contributed by atoms with Crippen molar-refractivity contribution in [1.29, 1.82) is 0 Å². The second-order valence-electron chi connectivity index (χ2n) is 8.54. The van der Waals surface area contributed by atoms with Crippen LogP contribution in [0.2, 0.25) is 0 Å². The predicted molar refractivity (Wildman–Crippen MR) is 104 cm³/mol. The third-order valence-corrected chi connectivity index (χ3v) is 5.73. The summed E-state index contributed by atoms with van der Waals surface area (Å²) in [5, 5.41) is 0. The highest BCUT2D eigenvalue weighted by Gasteiger charge is 2.36. The van der Waals surface area contributed by atoms with E-state index in [4.69, 9.17) is 0 Å². The van der Waals surface area contributed by atoms with Gasteiger partial charge in [-0.2, -0.15) is 0 Å². The molecule has 1 aliphatic heterocycles. The van der Waals surface area contributed by atoms with Crippen LogP contribution in [0.4, 0.5) is 0 Å². The standard InChI is InChI=1S/C22H32N2O2/c1-16(2)12-17-8-10-19(11-9-17)22(26)23(3)14-18-13-21(25)24(15-18)20-6-4-5-7-20/h8-11,16,18,20H,4-7,12-15H2,1-3H3/t18-/m0/s1. The van der Waals surface area contributed by atoms with Crippen molar-refractivity contribution >= 4 is 11.8 Å². The van der Waals surface area contributed by atoms with Gasteiger partial charge in [0.2, 0.25) is 5.91 Å². The molecule has 0 N–H and O–H groups in total. The van der Waals surface area contributed by atoms with Gasteiger partial charge in [-0.25, -0.2) is 0 Å². The number of carbonyl (C=O) groups is 2. The zero-order valence-electron chi connectivity index (χ0n) is 16.4. The molecule has 2 fully saturated rings. The molecule has 4 nitrogen and oxygen atoms in total. The van der Waals surface area contributed by atoms with E-state index >= 15 is 0 Å². The fraction of sp³-hybridized carbons (Fsp3) is 0.636. The van der Waals surface area contributed by atoms with Gasteiger partial charge in [-0.3, -0.25) is 9.59 Å². The van der Waals surface area contributed by atoms with Crippen molar-refractivity contribution in [3.63, 3.8) is 0 Å². The molecule has 1 aromatic rings. The van der Waals surface area contributed by atoms with E-state index in [0.717, 1.165) is 31.4 Å². The average Bonchev–Trinajstić information content (AvgIpc) is 3.24. The second-order valence-corrected chi connectivity index (χ2v) is 8.54. The maximum absolute atomic E-state index is 12.7. The molecule has 0 bridgehead atoms. The van der Waals surface area contributed by atoms with Crippen LogP contribution in [-0.2, 0) is 11.2 Å². The summed E-state index contributed by atoms with van der Waals surface area (Å²) in [5.41, 5.74) is 2.00. The topological polar surface area (TPSA) is 40.6 Å². The zero-order valence-corrected chi connectivity index (χ0v) is 16.4. The molecule has 1 atom stereocenters. The number of likely N-dealkylation sites (tertiary alicyclic amines) is 1. The first kappa shape index (κ1) is 18.9. The lowest BCUT2D eigenvalue weighted by molar-refractivity contribution is -0.129. The fourth-order valence-corrected chi connectivity index (χ4v) is 4.45. The number of hydrogen-bond donors (Lipinski definition) is 0. The smallest absolute Gasteiger partial charge is 0.253 e. The first-order valence-corrected chi connectivity index (χ1v) is 10.1.